The first kappa shape index (κ1) is 12.5. The van der Waals surface area contributed by atoms with Crippen LogP contribution < -0.4 is 4.90 Å². The molecule has 1 aliphatic rings. The van der Waals surface area contributed by atoms with Crippen molar-refractivity contribution in [3.05, 3.63) is 58.7 Å². The summed E-state index contributed by atoms with van der Waals surface area (Å²) in [5, 5.41) is 0.854. The first-order valence-electron chi connectivity index (χ1n) is 6.70. The summed E-state index contributed by atoms with van der Waals surface area (Å²) < 4.78 is 0. The van der Waals surface area contributed by atoms with Gasteiger partial charge in [0.05, 0.1) is 6.04 Å². The van der Waals surface area contributed by atoms with E-state index in [0.29, 0.717) is 6.04 Å². The molecule has 1 unspecified atom stereocenters. The predicted octanol–water partition coefficient (Wildman–Crippen LogP) is 4.38. The van der Waals surface area contributed by atoms with E-state index in [-0.39, 0.29) is 0 Å². The van der Waals surface area contributed by atoms with E-state index in [0.717, 1.165) is 29.5 Å². The third-order valence-electron chi connectivity index (χ3n) is 3.68. The second kappa shape index (κ2) is 5.22. The van der Waals surface area contributed by atoms with Gasteiger partial charge in [0.2, 0.25) is 0 Å². The number of rotatable bonds is 2. The van der Waals surface area contributed by atoms with Crippen molar-refractivity contribution >= 4 is 17.4 Å². The molecule has 0 N–H and O–H groups in total. The van der Waals surface area contributed by atoms with E-state index in [1.165, 1.54) is 12.0 Å². The van der Waals surface area contributed by atoms with Crippen molar-refractivity contribution in [1.82, 2.24) is 4.98 Å². The Balaban J connectivity index is 1.96. The van der Waals surface area contributed by atoms with E-state index in [1.807, 2.05) is 25.1 Å². The van der Waals surface area contributed by atoms with Gasteiger partial charge in [-0.05, 0) is 43.5 Å². The Bertz CT molecular complexity index is 582. The zero-order valence-electron chi connectivity index (χ0n) is 11.0. The molecule has 1 aromatic carbocycles. The minimum atomic E-state index is 0.350. The van der Waals surface area contributed by atoms with E-state index in [1.54, 1.807) is 0 Å². The standard InChI is InChI=1S/C16H17ClN2/c1-12-6-4-10-16(18-12)19-11-5-9-15(19)13-7-2-3-8-14(13)17/h2-4,6-8,10,15H,5,9,11H2,1H3. The molecule has 0 aliphatic carbocycles. The number of nitrogens with zero attached hydrogens (tertiary/aromatic N) is 2. The molecule has 0 bridgehead atoms. The summed E-state index contributed by atoms with van der Waals surface area (Å²) in [7, 11) is 0. The number of hydrogen-bond donors (Lipinski definition) is 0. The Morgan fingerprint density at radius 1 is 1.16 bits per heavy atom. The van der Waals surface area contributed by atoms with E-state index in [4.69, 9.17) is 11.6 Å². The first-order valence-corrected chi connectivity index (χ1v) is 7.08. The van der Waals surface area contributed by atoms with Gasteiger partial charge < -0.3 is 4.90 Å². The molecule has 2 aromatic rings. The lowest BCUT2D eigenvalue weighted by Gasteiger charge is -2.27. The number of hydrogen-bond acceptors (Lipinski definition) is 2. The topological polar surface area (TPSA) is 16.1 Å². The van der Waals surface area contributed by atoms with Gasteiger partial charge in [0, 0.05) is 17.3 Å². The summed E-state index contributed by atoms with van der Waals surface area (Å²) in [6, 6.07) is 14.7. The number of aromatic nitrogens is 1. The third kappa shape index (κ3) is 2.45. The largest absolute Gasteiger partial charge is 0.350 e. The lowest BCUT2D eigenvalue weighted by Crippen LogP contribution is -2.23. The van der Waals surface area contributed by atoms with Crippen LogP contribution in [-0.2, 0) is 0 Å². The maximum absolute atomic E-state index is 6.34. The van der Waals surface area contributed by atoms with Crippen LogP contribution in [0.25, 0.3) is 0 Å². The van der Waals surface area contributed by atoms with Crippen LogP contribution in [0.2, 0.25) is 5.02 Å². The zero-order valence-corrected chi connectivity index (χ0v) is 11.8. The van der Waals surface area contributed by atoms with Crippen LogP contribution in [0.5, 0.6) is 0 Å². The van der Waals surface area contributed by atoms with Gasteiger partial charge in [0.25, 0.3) is 0 Å². The van der Waals surface area contributed by atoms with Gasteiger partial charge in [-0.3, -0.25) is 0 Å². The summed E-state index contributed by atoms with van der Waals surface area (Å²) in [5.41, 5.74) is 2.27. The van der Waals surface area contributed by atoms with Crippen molar-refractivity contribution in [2.75, 3.05) is 11.4 Å². The minimum absolute atomic E-state index is 0.350. The van der Waals surface area contributed by atoms with Gasteiger partial charge >= 0.3 is 0 Å². The normalized spacial score (nSPS) is 18.8. The Morgan fingerprint density at radius 2 is 2.00 bits per heavy atom. The number of benzene rings is 1. The Kier molecular flexibility index (Phi) is 3.43. The molecule has 19 heavy (non-hydrogen) atoms. The lowest BCUT2D eigenvalue weighted by molar-refractivity contribution is 0.711. The van der Waals surface area contributed by atoms with Gasteiger partial charge in [-0.1, -0.05) is 35.9 Å². The van der Waals surface area contributed by atoms with Crippen LogP contribution in [0.4, 0.5) is 5.82 Å². The Morgan fingerprint density at radius 3 is 2.79 bits per heavy atom. The van der Waals surface area contributed by atoms with E-state index >= 15 is 0 Å². The molecule has 2 nitrogen and oxygen atoms in total. The van der Waals surface area contributed by atoms with Gasteiger partial charge in [0.15, 0.2) is 0 Å². The van der Waals surface area contributed by atoms with Gasteiger partial charge in [-0.25, -0.2) is 4.98 Å². The van der Waals surface area contributed by atoms with Gasteiger partial charge in [-0.2, -0.15) is 0 Å². The molecular formula is C16H17ClN2. The number of aryl methyl sites for hydroxylation is 1. The molecule has 0 saturated carbocycles. The average Bonchev–Trinajstić information content (AvgIpc) is 2.88. The maximum atomic E-state index is 6.34. The molecule has 98 valence electrons. The lowest BCUT2D eigenvalue weighted by atomic mass is 10.0. The molecule has 3 heteroatoms. The highest BCUT2D eigenvalue weighted by molar-refractivity contribution is 6.31. The number of halogens is 1. The first-order chi connectivity index (χ1) is 9.25. The van der Waals surface area contributed by atoms with E-state index in [2.05, 4.69) is 34.1 Å². The van der Waals surface area contributed by atoms with Crippen molar-refractivity contribution < 1.29 is 0 Å². The summed E-state index contributed by atoms with van der Waals surface area (Å²) in [6.45, 7) is 3.08. The summed E-state index contributed by atoms with van der Waals surface area (Å²) in [5.74, 6) is 1.06. The molecule has 1 aromatic heterocycles. The Labute approximate surface area is 119 Å². The molecule has 1 aliphatic heterocycles. The van der Waals surface area contributed by atoms with Crippen molar-refractivity contribution in [3.8, 4) is 0 Å². The highest BCUT2D eigenvalue weighted by atomic mass is 35.5. The highest BCUT2D eigenvalue weighted by Crippen LogP contribution is 2.37. The van der Waals surface area contributed by atoms with E-state index < -0.39 is 0 Å². The van der Waals surface area contributed by atoms with Crippen molar-refractivity contribution in [2.24, 2.45) is 0 Å². The van der Waals surface area contributed by atoms with Gasteiger partial charge in [0.1, 0.15) is 5.82 Å². The number of pyridine rings is 1. The molecule has 1 saturated heterocycles. The fourth-order valence-electron chi connectivity index (χ4n) is 2.80. The summed E-state index contributed by atoms with van der Waals surface area (Å²) in [6.07, 6.45) is 2.32. The third-order valence-corrected chi connectivity index (χ3v) is 4.03. The average molecular weight is 273 g/mol. The molecular weight excluding hydrogens is 256 g/mol. The van der Waals surface area contributed by atoms with Crippen molar-refractivity contribution in [3.63, 3.8) is 0 Å². The molecule has 0 radical (unpaired) electrons. The molecule has 3 rings (SSSR count). The van der Waals surface area contributed by atoms with Crippen molar-refractivity contribution in [1.29, 1.82) is 0 Å². The minimum Gasteiger partial charge on any atom is -0.350 e. The summed E-state index contributed by atoms with van der Waals surface area (Å²) in [4.78, 5) is 7.01. The molecule has 1 fully saturated rings. The van der Waals surface area contributed by atoms with E-state index in [9.17, 15) is 0 Å². The van der Waals surface area contributed by atoms with Crippen LogP contribution in [0.1, 0.15) is 30.1 Å². The van der Waals surface area contributed by atoms with Crippen molar-refractivity contribution in [2.45, 2.75) is 25.8 Å². The van der Waals surface area contributed by atoms with Crippen LogP contribution in [0.3, 0.4) is 0 Å². The zero-order chi connectivity index (χ0) is 13.2. The summed E-state index contributed by atoms with van der Waals surface area (Å²) >= 11 is 6.34. The smallest absolute Gasteiger partial charge is 0.129 e. The highest BCUT2D eigenvalue weighted by Gasteiger charge is 2.28. The fourth-order valence-corrected chi connectivity index (χ4v) is 3.06. The van der Waals surface area contributed by atoms with Crippen LogP contribution in [0, 0.1) is 6.92 Å². The Hall–Kier alpha value is -1.54. The quantitative estimate of drug-likeness (QED) is 0.806. The van der Waals surface area contributed by atoms with Crippen LogP contribution in [-0.4, -0.2) is 11.5 Å². The van der Waals surface area contributed by atoms with Gasteiger partial charge in [-0.15, -0.1) is 0 Å². The fraction of sp³-hybridized carbons (Fsp3) is 0.312. The molecule has 0 amide bonds. The second-order valence-electron chi connectivity index (χ2n) is 5.01. The van der Waals surface area contributed by atoms with Crippen LogP contribution in [0.15, 0.2) is 42.5 Å². The maximum Gasteiger partial charge on any atom is 0.129 e. The molecule has 1 atom stereocenters. The molecule has 0 spiro atoms. The second-order valence-corrected chi connectivity index (χ2v) is 5.42. The predicted molar refractivity (Wildman–Crippen MR) is 79.7 cm³/mol. The monoisotopic (exact) mass is 272 g/mol. The molecule has 2 heterocycles. The number of anilines is 1. The van der Waals surface area contributed by atoms with Crippen LogP contribution >= 0.6 is 11.6 Å². The SMILES string of the molecule is Cc1cccc(N2CCCC2c2ccccc2Cl)n1.